The van der Waals surface area contributed by atoms with Crippen LogP contribution in [0.5, 0.6) is 5.75 Å². The summed E-state index contributed by atoms with van der Waals surface area (Å²) in [7, 11) is 3.30. The SMILES string of the molecule is COCCCn1c(SCc2csc(-c3cccc(OC)c3)n2)n[nH]c1=O. The molecule has 0 saturated carbocycles. The Labute approximate surface area is 159 Å². The Morgan fingerprint density at radius 2 is 2.23 bits per heavy atom. The van der Waals surface area contributed by atoms with Crippen LogP contribution in [0.2, 0.25) is 0 Å². The fourth-order valence-electron chi connectivity index (χ4n) is 2.38. The quantitative estimate of drug-likeness (QED) is 0.445. The van der Waals surface area contributed by atoms with E-state index in [9.17, 15) is 4.79 Å². The molecule has 2 heterocycles. The van der Waals surface area contributed by atoms with E-state index in [2.05, 4.69) is 15.2 Å². The third-order valence-corrected chi connectivity index (χ3v) is 5.62. The van der Waals surface area contributed by atoms with Gasteiger partial charge >= 0.3 is 5.69 Å². The smallest absolute Gasteiger partial charge is 0.343 e. The fraction of sp³-hybridized carbons (Fsp3) is 0.353. The number of hydrogen-bond donors (Lipinski definition) is 1. The molecule has 9 heteroatoms. The number of nitrogens with zero attached hydrogens (tertiary/aromatic N) is 3. The van der Waals surface area contributed by atoms with E-state index in [-0.39, 0.29) is 5.69 Å². The maximum Gasteiger partial charge on any atom is 0.343 e. The Balaban J connectivity index is 1.66. The van der Waals surface area contributed by atoms with Crippen molar-refractivity contribution in [2.45, 2.75) is 23.9 Å². The third kappa shape index (κ3) is 4.54. The van der Waals surface area contributed by atoms with Crippen LogP contribution in [-0.2, 0) is 17.0 Å². The molecule has 2 aromatic heterocycles. The number of thiazole rings is 1. The lowest BCUT2D eigenvalue weighted by atomic mass is 10.2. The molecule has 26 heavy (non-hydrogen) atoms. The lowest BCUT2D eigenvalue weighted by Crippen LogP contribution is -2.18. The zero-order valence-electron chi connectivity index (χ0n) is 14.6. The topological polar surface area (TPSA) is 82.0 Å². The number of aromatic amines is 1. The van der Waals surface area contributed by atoms with Gasteiger partial charge in [-0.05, 0) is 18.6 Å². The zero-order valence-corrected chi connectivity index (χ0v) is 16.2. The van der Waals surface area contributed by atoms with Gasteiger partial charge in [-0.3, -0.25) is 4.57 Å². The molecule has 0 aliphatic rings. The molecule has 0 bridgehead atoms. The van der Waals surface area contributed by atoms with Crippen LogP contribution in [0.1, 0.15) is 12.1 Å². The fourth-order valence-corrected chi connectivity index (χ4v) is 4.17. The van der Waals surface area contributed by atoms with Crippen LogP contribution >= 0.6 is 23.1 Å². The van der Waals surface area contributed by atoms with Gasteiger partial charge in [0, 0.05) is 37.0 Å². The number of hydrogen-bond acceptors (Lipinski definition) is 7. The Kier molecular flexibility index (Phi) is 6.48. The van der Waals surface area contributed by atoms with Gasteiger partial charge in [0.2, 0.25) is 0 Å². The number of methoxy groups -OCH3 is 2. The highest BCUT2D eigenvalue weighted by atomic mass is 32.2. The van der Waals surface area contributed by atoms with Crippen LogP contribution in [0.3, 0.4) is 0 Å². The van der Waals surface area contributed by atoms with E-state index in [0.29, 0.717) is 24.1 Å². The monoisotopic (exact) mass is 392 g/mol. The summed E-state index contributed by atoms with van der Waals surface area (Å²) >= 11 is 3.08. The van der Waals surface area contributed by atoms with Crippen molar-refractivity contribution >= 4 is 23.1 Å². The van der Waals surface area contributed by atoms with E-state index in [1.807, 2.05) is 29.6 Å². The molecule has 0 amide bonds. The number of rotatable bonds is 9. The molecule has 1 aromatic carbocycles. The van der Waals surface area contributed by atoms with Gasteiger partial charge in [-0.25, -0.2) is 14.9 Å². The van der Waals surface area contributed by atoms with Crippen LogP contribution in [0.4, 0.5) is 0 Å². The molecular formula is C17H20N4O3S2. The minimum absolute atomic E-state index is 0.195. The average Bonchev–Trinajstić information content (AvgIpc) is 3.28. The van der Waals surface area contributed by atoms with Crippen molar-refractivity contribution in [3.05, 3.63) is 45.8 Å². The van der Waals surface area contributed by atoms with Crippen LogP contribution in [-0.4, -0.2) is 40.6 Å². The summed E-state index contributed by atoms with van der Waals surface area (Å²) in [4.78, 5) is 16.5. The third-order valence-electron chi connectivity index (χ3n) is 3.67. The van der Waals surface area contributed by atoms with Gasteiger partial charge in [-0.15, -0.1) is 16.4 Å². The first-order valence-corrected chi connectivity index (χ1v) is 9.93. The Bertz CT molecular complexity index is 903. The molecule has 138 valence electrons. The standard InChI is InChI=1S/C17H20N4O3S2/c1-23-8-4-7-21-16(22)19-20-17(21)26-11-13-10-25-15(18-13)12-5-3-6-14(9-12)24-2/h3,5-6,9-10H,4,7-8,11H2,1-2H3,(H,19,22). The van der Waals surface area contributed by atoms with Crippen molar-refractivity contribution in [2.75, 3.05) is 20.8 Å². The van der Waals surface area contributed by atoms with Gasteiger partial charge in [-0.1, -0.05) is 23.9 Å². The molecule has 0 aliphatic carbocycles. The molecule has 0 aliphatic heterocycles. The van der Waals surface area contributed by atoms with Gasteiger partial charge in [0.05, 0.1) is 12.8 Å². The summed E-state index contributed by atoms with van der Waals surface area (Å²) in [5, 5.41) is 10.3. The maximum atomic E-state index is 11.9. The number of ether oxygens (including phenoxy) is 2. The molecule has 3 aromatic rings. The van der Waals surface area contributed by atoms with E-state index >= 15 is 0 Å². The predicted octanol–water partition coefficient (Wildman–Crippen LogP) is 3.03. The van der Waals surface area contributed by atoms with Crippen molar-refractivity contribution in [1.29, 1.82) is 0 Å². The molecule has 0 saturated heterocycles. The average molecular weight is 393 g/mol. The van der Waals surface area contributed by atoms with Gasteiger partial charge in [0.25, 0.3) is 0 Å². The molecule has 0 spiro atoms. The molecule has 1 N–H and O–H groups in total. The van der Waals surface area contributed by atoms with E-state index in [4.69, 9.17) is 9.47 Å². The molecular weight excluding hydrogens is 372 g/mol. The Morgan fingerprint density at radius 3 is 3.04 bits per heavy atom. The number of nitrogens with one attached hydrogen (secondary N) is 1. The predicted molar refractivity (Wildman–Crippen MR) is 103 cm³/mol. The van der Waals surface area contributed by atoms with Crippen LogP contribution in [0, 0.1) is 0 Å². The highest BCUT2D eigenvalue weighted by Gasteiger charge is 2.11. The summed E-state index contributed by atoms with van der Waals surface area (Å²) in [5.41, 5.74) is 1.79. The van der Waals surface area contributed by atoms with Gasteiger partial charge in [-0.2, -0.15) is 0 Å². The minimum atomic E-state index is -0.195. The normalized spacial score (nSPS) is 11.0. The highest BCUT2D eigenvalue weighted by Crippen LogP contribution is 2.29. The van der Waals surface area contributed by atoms with E-state index in [1.54, 1.807) is 30.1 Å². The van der Waals surface area contributed by atoms with Gasteiger partial charge < -0.3 is 9.47 Å². The van der Waals surface area contributed by atoms with Gasteiger partial charge in [0.1, 0.15) is 10.8 Å². The zero-order chi connectivity index (χ0) is 18.4. The molecule has 0 unspecified atom stereocenters. The van der Waals surface area contributed by atoms with E-state index in [0.717, 1.165) is 28.4 Å². The Morgan fingerprint density at radius 1 is 1.35 bits per heavy atom. The lowest BCUT2D eigenvalue weighted by molar-refractivity contribution is 0.189. The van der Waals surface area contributed by atoms with Crippen molar-refractivity contribution in [3.63, 3.8) is 0 Å². The second-order valence-electron chi connectivity index (χ2n) is 5.47. The molecule has 0 radical (unpaired) electrons. The van der Waals surface area contributed by atoms with E-state index in [1.165, 1.54) is 11.8 Å². The van der Waals surface area contributed by atoms with Crippen LogP contribution in [0.25, 0.3) is 10.6 Å². The van der Waals surface area contributed by atoms with Crippen LogP contribution in [0.15, 0.2) is 39.6 Å². The van der Waals surface area contributed by atoms with Gasteiger partial charge in [0.15, 0.2) is 5.16 Å². The summed E-state index contributed by atoms with van der Waals surface area (Å²) in [6, 6.07) is 7.84. The van der Waals surface area contributed by atoms with Crippen molar-refractivity contribution in [2.24, 2.45) is 0 Å². The molecule has 3 rings (SSSR count). The first-order valence-electron chi connectivity index (χ1n) is 8.07. The minimum Gasteiger partial charge on any atom is -0.497 e. The summed E-state index contributed by atoms with van der Waals surface area (Å²) in [6.07, 6.45) is 0.764. The first-order chi connectivity index (χ1) is 12.7. The molecule has 7 nitrogen and oxygen atoms in total. The first kappa shape index (κ1) is 18.7. The number of H-pyrrole nitrogens is 1. The number of benzene rings is 1. The van der Waals surface area contributed by atoms with E-state index < -0.39 is 0 Å². The maximum absolute atomic E-state index is 11.9. The largest absolute Gasteiger partial charge is 0.497 e. The molecule has 0 atom stereocenters. The summed E-state index contributed by atoms with van der Waals surface area (Å²) < 4.78 is 11.9. The second-order valence-corrected chi connectivity index (χ2v) is 7.27. The highest BCUT2D eigenvalue weighted by molar-refractivity contribution is 7.98. The summed E-state index contributed by atoms with van der Waals surface area (Å²) in [5.74, 6) is 1.46. The summed E-state index contributed by atoms with van der Waals surface area (Å²) in [6.45, 7) is 1.19. The second kappa shape index (κ2) is 9.02. The van der Waals surface area contributed by atoms with Crippen LogP contribution < -0.4 is 10.4 Å². The molecule has 0 fully saturated rings. The van der Waals surface area contributed by atoms with Crippen molar-refractivity contribution < 1.29 is 9.47 Å². The lowest BCUT2D eigenvalue weighted by Gasteiger charge is -2.04. The van der Waals surface area contributed by atoms with Crippen molar-refractivity contribution in [3.8, 4) is 16.3 Å². The number of aromatic nitrogens is 4. The van der Waals surface area contributed by atoms with Crippen molar-refractivity contribution in [1.82, 2.24) is 19.7 Å². The number of thioether (sulfide) groups is 1. The Hall–Kier alpha value is -2.10.